The minimum absolute atomic E-state index is 0.516. The number of nitriles is 1. The van der Waals surface area contributed by atoms with Crippen molar-refractivity contribution < 1.29 is 0 Å². The number of benzene rings is 1. The van der Waals surface area contributed by atoms with E-state index in [1.54, 1.807) is 16.8 Å². The predicted octanol–water partition coefficient (Wildman–Crippen LogP) is 4.76. The van der Waals surface area contributed by atoms with Crippen LogP contribution in [0, 0.1) is 11.3 Å². The first kappa shape index (κ1) is 20.1. The molecule has 4 aromatic heterocycles. The second-order valence-electron chi connectivity index (χ2n) is 7.75. The van der Waals surface area contributed by atoms with Gasteiger partial charge in [-0.05, 0) is 29.1 Å². The van der Waals surface area contributed by atoms with Crippen LogP contribution in [-0.2, 0) is 0 Å². The van der Waals surface area contributed by atoms with E-state index in [9.17, 15) is 5.26 Å². The van der Waals surface area contributed by atoms with Crippen molar-refractivity contribution in [3.8, 4) is 39.2 Å². The summed E-state index contributed by atoms with van der Waals surface area (Å²) < 4.78 is 0. The Morgan fingerprint density at radius 3 is 2.64 bits per heavy atom. The van der Waals surface area contributed by atoms with Gasteiger partial charge in [-0.25, -0.2) is 9.97 Å². The Kier molecular flexibility index (Phi) is 5.11. The Morgan fingerprint density at radius 1 is 1.09 bits per heavy atom. The lowest BCUT2D eigenvalue weighted by Crippen LogP contribution is -2.43. The molecule has 5 heterocycles. The van der Waals surface area contributed by atoms with Gasteiger partial charge in [0.05, 0.1) is 27.0 Å². The van der Waals surface area contributed by atoms with E-state index in [1.165, 1.54) is 17.0 Å². The number of hydrogen-bond donors (Lipinski definition) is 2. The summed E-state index contributed by atoms with van der Waals surface area (Å²) in [6, 6.07) is 15.0. The molecule has 9 heteroatoms. The SMILES string of the molecule is N#Cc1c(-c2cscn2)nc2n[nH]c(-c3cccs3)c2c1-c1ccc(N2CCNCC2)cc1. The molecule has 1 aliphatic heterocycles. The third-order valence-electron chi connectivity index (χ3n) is 5.89. The molecule has 1 saturated heterocycles. The number of piperazine rings is 1. The maximum absolute atomic E-state index is 10.3. The fourth-order valence-corrected chi connectivity index (χ4v) is 5.59. The van der Waals surface area contributed by atoms with E-state index >= 15 is 0 Å². The van der Waals surface area contributed by atoms with E-state index in [0.717, 1.165) is 53.3 Å². The lowest BCUT2D eigenvalue weighted by atomic mass is 9.94. The summed E-state index contributed by atoms with van der Waals surface area (Å²) in [7, 11) is 0. The molecule has 0 amide bonds. The third-order valence-corrected chi connectivity index (χ3v) is 7.37. The number of anilines is 1. The number of thiazole rings is 1. The molecule has 6 rings (SSSR count). The highest BCUT2D eigenvalue weighted by Crippen LogP contribution is 2.41. The highest BCUT2D eigenvalue weighted by Gasteiger charge is 2.24. The first-order valence-electron chi connectivity index (χ1n) is 10.6. The van der Waals surface area contributed by atoms with Crippen LogP contribution in [-0.4, -0.2) is 46.3 Å². The molecule has 162 valence electrons. The van der Waals surface area contributed by atoms with Gasteiger partial charge in [-0.1, -0.05) is 18.2 Å². The van der Waals surface area contributed by atoms with Crippen LogP contribution in [0.25, 0.3) is 44.1 Å². The van der Waals surface area contributed by atoms with Crippen molar-refractivity contribution in [2.24, 2.45) is 0 Å². The predicted molar refractivity (Wildman–Crippen MR) is 134 cm³/mol. The van der Waals surface area contributed by atoms with E-state index in [0.29, 0.717) is 22.6 Å². The van der Waals surface area contributed by atoms with Crippen molar-refractivity contribution in [3.05, 3.63) is 58.2 Å². The number of rotatable bonds is 4. The number of aromatic amines is 1. The van der Waals surface area contributed by atoms with Crippen molar-refractivity contribution in [3.63, 3.8) is 0 Å². The maximum Gasteiger partial charge on any atom is 0.182 e. The first-order chi connectivity index (χ1) is 16.3. The fourth-order valence-electron chi connectivity index (χ4n) is 4.33. The highest BCUT2D eigenvalue weighted by atomic mass is 32.1. The Morgan fingerprint density at radius 2 is 1.94 bits per heavy atom. The maximum atomic E-state index is 10.3. The monoisotopic (exact) mass is 469 g/mol. The number of aromatic nitrogens is 4. The fraction of sp³-hybridized carbons (Fsp3) is 0.167. The molecule has 33 heavy (non-hydrogen) atoms. The Balaban J connectivity index is 1.59. The highest BCUT2D eigenvalue weighted by molar-refractivity contribution is 7.13. The van der Waals surface area contributed by atoms with Gasteiger partial charge in [0.2, 0.25) is 0 Å². The van der Waals surface area contributed by atoms with Gasteiger partial charge in [0.25, 0.3) is 0 Å². The number of H-pyrrole nitrogens is 1. The average molecular weight is 470 g/mol. The minimum Gasteiger partial charge on any atom is -0.369 e. The van der Waals surface area contributed by atoms with Gasteiger partial charge >= 0.3 is 0 Å². The number of nitrogens with zero attached hydrogens (tertiary/aromatic N) is 5. The van der Waals surface area contributed by atoms with E-state index in [-0.39, 0.29) is 0 Å². The molecule has 5 aromatic rings. The van der Waals surface area contributed by atoms with Crippen LogP contribution in [0.2, 0.25) is 0 Å². The number of thiophene rings is 1. The summed E-state index contributed by atoms with van der Waals surface area (Å²) in [4.78, 5) is 12.6. The molecule has 0 spiro atoms. The van der Waals surface area contributed by atoms with E-state index < -0.39 is 0 Å². The standard InChI is InChI=1S/C24H19N7S2/c25-12-17-20(15-3-5-16(6-4-15)31-9-7-26-8-10-31)21-23(19-2-1-11-33-19)29-30-24(21)28-22(17)18-13-32-14-27-18/h1-6,11,13-14,26H,7-10H2,(H,28,29,30). The molecular formula is C24H19N7S2. The molecule has 1 fully saturated rings. The van der Waals surface area contributed by atoms with Gasteiger partial charge in [0.1, 0.15) is 17.5 Å². The van der Waals surface area contributed by atoms with Crippen LogP contribution in [0.4, 0.5) is 5.69 Å². The number of pyridine rings is 1. The molecule has 0 saturated carbocycles. The molecule has 1 aliphatic rings. The van der Waals surface area contributed by atoms with Gasteiger partial charge in [-0.2, -0.15) is 10.4 Å². The normalized spacial score (nSPS) is 14.0. The molecule has 7 nitrogen and oxygen atoms in total. The molecule has 0 unspecified atom stereocenters. The van der Waals surface area contributed by atoms with E-state index in [1.807, 2.05) is 16.8 Å². The molecule has 0 radical (unpaired) electrons. The van der Waals surface area contributed by atoms with Crippen LogP contribution >= 0.6 is 22.7 Å². The zero-order valence-electron chi connectivity index (χ0n) is 17.6. The largest absolute Gasteiger partial charge is 0.369 e. The summed E-state index contributed by atoms with van der Waals surface area (Å²) in [5.41, 5.74) is 8.00. The van der Waals surface area contributed by atoms with Crippen LogP contribution < -0.4 is 10.2 Å². The van der Waals surface area contributed by atoms with Crippen molar-refractivity contribution in [1.82, 2.24) is 25.5 Å². The van der Waals surface area contributed by atoms with Crippen LogP contribution in [0.1, 0.15) is 5.56 Å². The van der Waals surface area contributed by atoms with Crippen LogP contribution in [0.3, 0.4) is 0 Å². The number of fused-ring (bicyclic) bond motifs is 1. The average Bonchev–Trinajstić information content (AvgIpc) is 3.65. The molecule has 0 aliphatic carbocycles. The van der Waals surface area contributed by atoms with Gasteiger partial charge in [-0.3, -0.25) is 5.10 Å². The molecule has 0 atom stereocenters. The zero-order valence-corrected chi connectivity index (χ0v) is 19.2. The summed E-state index contributed by atoms with van der Waals surface area (Å²) in [6.07, 6.45) is 0. The van der Waals surface area contributed by atoms with Gasteiger partial charge in [0.15, 0.2) is 5.65 Å². The van der Waals surface area contributed by atoms with Gasteiger partial charge in [-0.15, -0.1) is 22.7 Å². The summed E-state index contributed by atoms with van der Waals surface area (Å²) >= 11 is 3.11. The molecule has 1 aromatic carbocycles. The first-order valence-corrected chi connectivity index (χ1v) is 12.5. The van der Waals surface area contributed by atoms with Crippen LogP contribution in [0.15, 0.2) is 52.7 Å². The lowest BCUT2D eigenvalue weighted by molar-refractivity contribution is 0.589. The summed E-state index contributed by atoms with van der Waals surface area (Å²) in [5, 5.41) is 26.2. The summed E-state index contributed by atoms with van der Waals surface area (Å²) in [6.45, 7) is 3.95. The topological polar surface area (TPSA) is 93.5 Å². The Hall–Kier alpha value is -3.58. The lowest BCUT2D eigenvalue weighted by Gasteiger charge is -2.29. The van der Waals surface area contributed by atoms with Crippen molar-refractivity contribution in [2.45, 2.75) is 0 Å². The smallest absolute Gasteiger partial charge is 0.182 e. The zero-order chi connectivity index (χ0) is 22.2. The van der Waals surface area contributed by atoms with Crippen molar-refractivity contribution >= 4 is 39.4 Å². The molecular weight excluding hydrogens is 450 g/mol. The Labute approximate surface area is 198 Å². The van der Waals surface area contributed by atoms with Crippen LogP contribution in [0.5, 0.6) is 0 Å². The van der Waals surface area contributed by atoms with E-state index in [4.69, 9.17) is 4.98 Å². The molecule has 2 N–H and O–H groups in total. The molecule has 0 bridgehead atoms. The van der Waals surface area contributed by atoms with Gasteiger partial charge < -0.3 is 10.2 Å². The Bertz CT molecular complexity index is 1440. The van der Waals surface area contributed by atoms with Gasteiger partial charge in [0, 0.05) is 42.8 Å². The second kappa shape index (κ2) is 8.41. The van der Waals surface area contributed by atoms with E-state index in [2.05, 4.69) is 61.8 Å². The number of nitrogens with one attached hydrogen (secondary N) is 2. The third kappa shape index (κ3) is 3.49. The summed E-state index contributed by atoms with van der Waals surface area (Å²) in [5.74, 6) is 0. The van der Waals surface area contributed by atoms with Crippen molar-refractivity contribution in [2.75, 3.05) is 31.1 Å². The van der Waals surface area contributed by atoms with Crippen molar-refractivity contribution in [1.29, 1.82) is 5.26 Å². The second-order valence-corrected chi connectivity index (χ2v) is 9.42. The quantitative estimate of drug-likeness (QED) is 0.394. The minimum atomic E-state index is 0.516. The number of hydrogen-bond acceptors (Lipinski definition) is 8.